The molecule has 1 aliphatic carbocycles. The summed E-state index contributed by atoms with van der Waals surface area (Å²) in [5.41, 5.74) is 1.39. The van der Waals surface area contributed by atoms with Gasteiger partial charge in [0.05, 0.1) is 0 Å². The Morgan fingerprint density at radius 2 is 2.21 bits per heavy atom. The second-order valence-electron chi connectivity index (χ2n) is 5.11. The highest BCUT2D eigenvalue weighted by molar-refractivity contribution is 5.82. The fourth-order valence-electron chi connectivity index (χ4n) is 2.18. The number of carboxylic acids is 1. The maximum absolute atomic E-state index is 11.6. The molecule has 2 amide bonds. The first kappa shape index (κ1) is 15.5. The molecule has 5 heteroatoms. The summed E-state index contributed by atoms with van der Waals surface area (Å²) in [6.07, 6.45) is 7.25. The highest BCUT2D eigenvalue weighted by Gasteiger charge is 2.24. The zero-order valence-corrected chi connectivity index (χ0v) is 11.7. The molecule has 0 saturated heterocycles. The Morgan fingerprint density at radius 3 is 2.74 bits per heavy atom. The minimum Gasteiger partial charge on any atom is -0.480 e. The van der Waals surface area contributed by atoms with Crippen molar-refractivity contribution in [2.75, 3.05) is 6.54 Å². The minimum absolute atomic E-state index is 0.0826. The Hall–Kier alpha value is -1.52. The van der Waals surface area contributed by atoms with E-state index in [0.717, 1.165) is 19.3 Å². The van der Waals surface area contributed by atoms with Gasteiger partial charge in [0.2, 0.25) is 0 Å². The van der Waals surface area contributed by atoms with Crippen LogP contribution >= 0.6 is 0 Å². The van der Waals surface area contributed by atoms with Gasteiger partial charge in [-0.15, -0.1) is 0 Å². The maximum Gasteiger partial charge on any atom is 0.326 e. The third-order valence-electron chi connectivity index (χ3n) is 3.63. The van der Waals surface area contributed by atoms with Crippen molar-refractivity contribution < 1.29 is 14.7 Å². The van der Waals surface area contributed by atoms with Gasteiger partial charge in [-0.3, -0.25) is 0 Å². The van der Waals surface area contributed by atoms with E-state index in [-0.39, 0.29) is 5.92 Å². The Morgan fingerprint density at radius 1 is 1.47 bits per heavy atom. The number of hydrogen-bond donors (Lipinski definition) is 3. The van der Waals surface area contributed by atoms with Crippen LogP contribution in [0.3, 0.4) is 0 Å². The van der Waals surface area contributed by atoms with E-state index in [1.807, 2.05) is 13.8 Å². The molecule has 0 fully saturated rings. The van der Waals surface area contributed by atoms with Crippen LogP contribution in [0.2, 0.25) is 0 Å². The van der Waals surface area contributed by atoms with Gasteiger partial charge in [0.25, 0.3) is 0 Å². The number of rotatable bonds is 7. The molecule has 0 aromatic rings. The van der Waals surface area contributed by atoms with Crippen molar-refractivity contribution in [1.82, 2.24) is 10.6 Å². The molecule has 0 heterocycles. The van der Waals surface area contributed by atoms with Gasteiger partial charge in [0.1, 0.15) is 6.04 Å². The fourth-order valence-corrected chi connectivity index (χ4v) is 2.18. The molecule has 0 saturated carbocycles. The molecule has 1 aliphatic rings. The summed E-state index contributed by atoms with van der Waals surface area (Å²) in [4.78, 5) is 22.7. The monoisotopic (exact) mass is 268 g/mol. The molecule has 1 rings (SSSR count). The van der Waals surface area contributed by atoms with Gasteiger partial charge in [-0.25, -0.2) is 9.59 Å². The zero-order valence-electron chi connectivity index (χ0n) is 11.7. The number of aliphatic carboxylic acids is 1. The normalized spacial score (nSPS) is 17.5. The maximum atomic E-state index is 11.6. The molecule has 0 bridgehead atoms. The van der Waals surface area contributed by atoms with Gasteiger partial charge in [-0.1, -0.05) is 31.9 Å². The van der Waals surface area contributed by atoms with E-state index in [0.29, 0.717) is 13.0 Å². The minimum atomic E-state index is -0.983. The van der Waals surface area contributed by atoms with E-state index in [4.69, 9.17) is 5.11 Å². The Kier molecular flexibility index (Phi) is 6.39. The predicted octanol–water partition coefficient (Wildman–Crippen LogP) is 2.29. The molecular formula is C14H24N2O3. The van der Waals surface area contributed by atoms with Crippen LogP contribution in [-0.2, 0) is 4.79 Å². The van der Waals surface area contributed by atoms with Crippen LogP contribution in [0.5, 0.6) is 0 Å². The summed E-state index contributed by atoms with van der Waals surface area (Å²) >= 11 is 0. The van der Waals surface area contributed by atoms with Crippen LogP contribution < -0.4 is 10.6 Å². The predicted molar refractivity (Wildman–Crippen MR) is 74.0 cm³/mol. The lowest BCUT2D eigenvalue weighted by Gasteiger charge is -2.20. The molecule has 0 spiro atoms. The number of amides is 2. The summed E-state index contributed by atoms with van der Waals surface area (Å²) in [6, 6.07) is -1.22. The number of carboxylic acid groups (broad SMARTS) is 1. The van der Waals surface area contributed by atoms with Gasteiger partial charge < -0.3 is 15.7 Å². The highest BCUT2D eigenvalue weighted by atomic mass is 16.4. The summed E-state index contributed by atoms with van der Waals surface area (Å²) in [5, 5.41) is 14.3. The van der Waals surface area contributed by atoms with E-state index >= 15 is 0 Å². The molecule has 19 heavy (non-hydrogen) atoms. The first-order valence-electron chi connectivity index (χ1n) is 6.99. The van der Waals surface area contributed by atoms with Gasteiger partial charge in [-0.05, 0) is 31.6 Å². The van der Waals surface area contributed by atoms with E-state index in [1.54, 1.807) is 0 Å². The number of nitrogens with one attached hydrogen (secondary N) is 2. The van der Waals surface area contributed by atoms with Gasteiger partial charge in [0.15, 0.2) is 0 Å². The lowest BCUT2D eigenvalue weighted by molar-refractivity contribution is -0.140. The van der Waals surface area contributed by atoms with E-state index in [9.17, 15) is 9.59 Å². The van der Waals surface area contributed by atoms with Crippen LogP contribution in [0.15, 0.2) is 11.6 Å². The van der Waals surface area contributed by atoms with E-state index < -0.39 is 18.0 Å². The van der Waals surface area contributed by atoms with Crippen molar-refractivity contribution in [1.29, 1.82) is 0 Å². The number of hydrogen-bond acceptors (Lipinski definition) is 2. The average Bonchev–Trinajstić information content (AvgIpc) is 2.87. The fraction of sp³-hybridized carbons (Fsp3) is 0.714. The number of carbonyl (C=O) groups is 2. The van der Waals surface area contributed by atoms with Crippen molar-refractivity contribution in [2.24, 2.45) is 5.92 Å². The largest absolute Gasteiger partial charge is 0.480 e. The molecule has 3 N–H and O–H groups in total. The second-order valence-corrected chi connectivity index (χ2v) is 5.11. The Bertz CT molecular complexity index is 353. The van der Waals surface area contributed by atoms with E-state index in [1.165, 1.54) is 12.0 Å². The standard InChI is InChI=1S/C14H24N2O3/c1-3-10(2)12(13(17)18)16-14(19)15-9-8-11-6-4-5-7-11/h6,10,12H,3-5,7-9H2,1-2H3,(H,17,18)(H2,15,16,19)/t10-,12-/m0/s1. The van der Waals surface area contributed by atoms with Crippen molar-refractivity contribution in [3.8, 4) is 0 Å². The Balaban J connectivity index is 2.29. The first-order chi connectivity index (χ1) is 9.04. The molecule has 2 atom stereocenters. The zero-order chi connectivity index (χ0) is 14.3. The first-order valence-corrected chi connectivity index (χ1v) is 6.99. The molecule has 0 unspecified atom stereocenters. The van der Waals surface area contributed by atoms with Gasteiger partial charge in [0, 0.05) is 6.54 Å². The molecular weight excluding hydrogens is 244 g/mol. The topological polar surface area (TPSA) is 78.4 Å². The van der Waals surface area contributed by atoms with Crippen LogP contribution in [0.25, 0.3) is 0 Å². The smallest absolute Gasteiger partial charge is 0.326 e. The van der Waals surface area contributed by atoms with Crippen molar-refractivity contribution in [2.45, 2.75) is 52.0 Å². The summed E-state index contributed by atoms with van der Waals surface area (Å²) in [7, 11) is 0. The van der Waals surface area contributed by atoms with Crippen molar-refractivity contribution >= 4 is 12.0 Å². The molecule has 5 nitrogen and oxygen atoms in total. The second kappa shape index (κ2) is 7.81. The Labute approximate surface area is 114 Å². The number of carbonyl (C=O) groups excluding carboxylic acids is 1. The molecule has 0 radical (unpaired) electrons. The average molecular weight is 268 g/mol. The van der Waals surface area contributed by atoms with E-state index in [2.05, 4.69) is 16.7 Å². The quantitative estimate of drug-likeness (QED) is 0.620. The number of allylic oxidation sites excluding steroid dienone is 1. The molecule has 0 aromatic carbocycles. The third kappa shape index (κ3) is 5.32. The lowest BCUT2D eigenvalue weighted by atomic mass is 9.99. The van der Waals surface area contributed by atoms with Crippen LogP contribution in [0.4, 0.5) is 4.79 Å². The molecule has 108 valence electrons. The van der Waals surface area contributed by atoms with Crippen LogP contribution in [0.1, 0.15) is 46.0 Å². The summed E-state index contributed by atoms with van der Waals surface area (Å²) in [5.74, 6) is -1.07. The molecule has 0 aromatic heterocycles. The molecule has 0 aliphatic heterocycles. The number of urea groups is 1. The van der Waals surface area contributed by atoms with Crippen LogP contribution in [-0.4, -0.2) is 29.7 Å². The third-order valence-corrected chi connectivity index (χ3v) is 3.63. The van der Waals surface area contributed by atoms with Crippen molar-refractivity contribution in [3.63, 3.8) is 0 Å². The SMILES string of the molecule is CC[C@H](C)[C@H](NC(=O)NCCC1=CCCC1)C(=O)O. The lowest BCUT2D eigenvalue weighted by Crippen LogP contribution is -2.49. The van der Waals surface area contributed by atoms with Crippen LogP contribution in [0, 0.1) is 5.92 Å². The van der Waals surface area contributed by atoms with Gasteiger partial charge in [-0.2, -0.15) is 0 Å². The summed E-state index contributed by atoms with van der Waals surface area (Å²) in [6.45, 7) is 4.29. The van der Waals surface area contributed by atoms with Gasteiger partial charge >= 0.3 is 12.0 Å². The highest BCUT2D eigenvalue weighted by Crippen LogP contribution is 2.19. The van der Waals surface area contributed by atoms with Crippen molar-refractivity contribution in [3.05, 3.63) is 11.6 Å². The summed E-state index contributed by atoms with van der Waals surface area (Å²) < 4.78 is 0.